The lowest BCUT2D eigenvalue weighted by Gasteiger charge is -2.27. The van der Waals surface area contributed by atoms with Crippen molar-refractivity contribution in [3.8, 4) is 0 Å². The summed E-state index contributed by atoms with van der Waals surface area (Å²) in [5, 5.41) is 9.64. The number of carbonyl (C=O) groups is 1. The number of anilines is 1. The van der Waals surface area contributed by atoms with E-state index in [0.29, 0.717) is 5.88 Å². The van der Waals surface area contributed by atoms with Crippen molar-refractivity contribution in [2.24, 2.45) is 0 Å². The van der Waals surface area contributed by atoms with E-state index >= 15 is 0 Å². The smallest absolute Gasteiger partial charge is 0.240 e. The summed E-state index contributed by atoms with van der Waals surface area (Å²) in [6.45, 7) is 10.2. The molecule has 1 aliphatic rings. The number of hydrogen-bond acceptors (Lipinski definition) is 5. The van der Waals surface area contributed by atoms with E-state index in [1.807, 2.05) is 13.8 Å². The fourth-order valence-electron chi connectivity index (χ4n) is 2.70. The summed E-state index contributed by atoms with van der Waals surface area (Å²) in [6, 6.07) is 1.82. The zero-order chi connectivity index (χ0) is 15.0. The molecule has 1 amide bonds. The number of ether oxygens (including phenoxy) is 1. The first-order chi connectivity index (χ1) is 9.18. The van der Waals surface area contributed by atoms with Crippen molar-refractivity contribution in [2.45, 2.75) is 58.3 Å². The molecule has 0 aromatic carbocycles. The molecule has 0 spiro atoms. The van der Waals surface area contributed by atoms with Crippen molar-refractivity contribution < 1.29 is 14.1 Å². The van der Waals surface area contributed by atoms with E-state index in [1.54, 1.807) is 13.0 Å². The fraction of sp³-hybridized carbons (Fsp3) is 0.714. The van der Waals surface area contributed by atoms with Crippen LogP contribution in [0, 0.1) is 6.92 Å². The van der Waals surface area contributed by atoms with Gasteiger partial charge in [-0.3, -0.25) is 10.1 Å². The Kier molecular flexibility index (Phi) is 3.88. The van der Waals surface area contributed by atoms with Gasteiger partial charge in [-0.05, 0) is 41.0 Å². The number of carbonyl (C=O) groups excluding carboxylic acids is 1. The average molecular weight is 281 g/mol. The number of aryl methyl sites for hydroxylation is 1. The van der Waals surface area contributed by atoms with E-state index in [9.17, 15) is 4.79 Å². The van der Waals surface area contributed by atoms with Crippen LogP contribution < -0.4 is 10.6 Å². The van der Waals surface area contributed by atoms with Gasteiger partial charge in [-0.25, -0.2) is 0 Å². The maximum absolute atomic E-state index is 11.8. The van der Waals surface area contributed by atoms with E-state index in [1.165, 1.54) is 0 Å². The van der Waals surface area contributed by atoms with E-state index in [-0.39, 0.29) is 29.7 Å². The average Bonchev–Trinajstić information content (AvgIpc) is 2.76. The molecule has 0 bridgehead atoms. The van der Waals surface area contributed by atoms with Crippen molar-refractivity contribution in [1.82, 2.24) is 10.5 Å². The molecule has 2 N–H and O–H groups in total. The molecule has 2 rings (SSSR count). The monoisotopic (exact) mass is 281 g/mol. The van der Waals surface area contributed by atoms with Crippen LogP contribution in [-0.4, -0.2) is 34.9 Å². The van der Waals surface area contributed by atoms with Crippen LogP contribution in [0.2, 0.25) is 0 Å². The second-order valence-electron chi connectivity index (χ2n) is 6.48. The summed E-state index contributed by atoms with van der Waals surface area (Å²) < 4.78 is 10.9. The van der Waals surface area contributed by atoms with E-state index in [4.69, 9.17) is 9.26 Å². The van der Waals surface area contributed by atoms with Crippen LogP contribution in [0.25, 0.3) is 0 Å². The third-order valence-corrected chi connectivity index (χ3v) is 3.47. The minimum Gasteiger partial charge on any atom is -0.368 e. The van der Waals surface area contributed by atoms with Crippen molar-refractivity contribution in [3.05, 3.63) is 11.8 Å². The van der Waals surface area contributed by atoms with E-state index in [0.717, 1.165) is 12.1 Å². The largest absolute Gasteiger partial charge is 0.368 e. The zero-order valence-corrected chi connectivity index (χ0v) is 12.7. The summed E-state index contributed by atoms with van der Waals surface area (Å²) in [4.78, 5) is 11.8. The lowest BCUT2D eigenvalue weighted by Crippen LogP contribution is -2.46. The molecule has 0 saturated carbocycles. The van der Waals surface area contributed by atoms with E-state index < -0.39 is 0 Å². The zero-order valence-electron chi connectivity index (χ0n) is 12.7. The molecule has 1 aromatic rings. The Morgan fingerprint density at radius 3 is 2.65 bits per heavy atom. The highest BCUT2D eigenvalue weighted by Crippen LogP contribution is 2.37. The van der Waals surface area contributed by atoms with Crippen LogP contribution in [0.1, 0.15) is 39.8 Å². The van der Waals surface area contributed by atoms with Gasteiger partial charge in [0, 0.05) is 12.1 Å². The molecule has 112 valence electrons. The van der Waals surface area contributed by atoms with Crippen LogP contribution in [0.4, 0.5) is 5.88 Å². The maximum Gasteiger partial charge on any atom is 0.240 e. The number of aromatic nitrogens is 1. The molecule has 1 saturated heterocycles. The summed E-state index contributed by atoms with van der Waals surface area (Å²) in [7, 11) is 0. The molecule has 0 unspecified atom stereocenters. The normalized spacial score (nSPS) is 23.8. The Bertz CT molecular complexity index is 494. The minimum absolute atomic E-state index is 0.139. The van der Waals surface area contributed by atoms with Gasteiger partial charge in [0.1, 0.15) is 0 Å². The van der Waals surface area contributed by atoms with Crippen molar-refractivity contribution >= 4 is 11.8 Å². The summed E-state index contributed by atoms with van der Waals surface area (Å²) >= 11 is 0. The lowest BCUT2D eigenvalue weighted by molar-refractivity contribution is -0.115. The van der Waals surface area contributed by atoms with Crippen molar-refractivity contribution in [2.75, 3.05) is 11.9 Å². The van der Waals surface area contributed by atoms with Crippen LogP contribution in [0.5, 0.6) is 0 Å². The quantitative estimate of drug-likeness (QED) is 0.881. The highest BCUT2D eigenvalue weighted by Gasteiger charge is 2.45. The molecule has 20 heavy (non-hydrogen) atoms. The highest BCUT2D eigenvalue weighted by atomic mass is 16.5. The van der Waals surface area contributed by atoms with Gasteiger partial charge >= 0.3 is 0 Å². The van der Waals surface area contributed by atoms with Crippen molar-refractivity contribution in [1.29, 1.82) is 0 Å². The topological polar surface area (TPSA) is 76.4 Å². The Labute approximate surface area is 119 Å². The number of rotatable bonds is 4. The Hall–Kier alpha value is -1.40. The second-order valence-corrected chi connectivity index (χ2v) is 6.48. The first kappa shape index (κ1) is 15.0. The molecule has 1 atom stereocenters. The Balaban J connectivity index is 1.84. The van der Waals surface area contributed by atoms with E-state index in [2.05, 4.69) is 29.6 Å². The van der Waals surface area contributed by atoms with Gasteiger partial charge in [-0.1, -0.05) is 5.16 Å². The molecule has 2 heterocycles. The standard InChI is InChI=1S/C14H23N3O3/c1-9-6-12(19-17-9)16-11(18)8-15-10-7-13(2,3)20-14(10,4)5/h6,10,15H,7-8H2,1-5H3,(H,16,18)/t10-/m0/s1. The van der Waals surface area contributed by atoms with Gasteiger partial charge in [0.25, 0.3) is 0 Å². The molecule has 1 aliphatic heterocycles. The lowest BCUT2D eigenvalue weighted by atomic mass is 9.94. The number of hydrogen-bond donors (Lipinski definition) is 2. The van der Waals surface area contributed by atoms with Crippen LogP contribution >= 0.6 is 0 Å². The van der Waals surface area contributed by atoms with Gasteiger partial charge < -0.3 is 14.6 Å². The van der Waals surface area contributed by atoms with Crippen LogP contribution in [0.15, 0.2) is 10.6 Å². The molecular formula is C14H23N3O3. The summed E-state index contributed by atoms with van der Waals surface area (Å²) in [5.41, 5.74) is 0.284. The Morgan fingerprint density at radius 2 is 2.15 bits per heavy atom. The van der Waals surface area contributed by atoms with Gasteiger partial charge in [-0.2, -0.15) is 0 Å². The molecule has 0 radical (unpaired) electrons. The molecule has 0 aliphatic carbocycles. The number of nitrogens with zero attached hydrogens (tertiary/aromatic N) is 1. The predicted octanol–water partition coefficient (Wildman–Crippen LogP) is 1.86. The van der Waals surface area contributed by atoms with Crippen molar-refractivity contribution in [3.63, 3.8) is 0 Å². The first-order valence-electron chi connectivity index (χ1n) is 6.85. The third kappa shape index (κ3) is 3.58. The summed E-state index contributed by atoms with van der Waals surface area (Å²) in [6.07, 6.45) is 0.870. The molecule has 6 heteroatoms. The highest BCUT2D eigenvalue weighted by molar-refractivity contribution is 5.90. The minimum atomic E-state index is -0.285. The van der Waals surface area contributed by atoms with Gasteiger partial charge in [-0.15, -0.1) is 0 Å². The second kappa shape index (κ2) is 5.18. The predicted molar refractivity (Wildman–Crippen MR) is 75.5 cm³/mol. The van der Waals surface area contributed by atoms with Gasteiger partial charge in [0.2, 0.25) is 11.8 Å². The van der Waals surface area contributed by atoms with Crippen LogP contribution in [0.3, 0.4) is 0 Å². The molecule has 6 nitrogen and oxygen atoms in total. The summed E-state index contributed by atoms with van der Waals surface area (Å²) in [5.74, 6) is 0.221. The van der Waals surface area contributed by atoms with Crippen LogP contribution in [-0.2, 0) is 9.53 Å². The Morgan fingerprint density at radius 1 is 1.45 bits per heavy atom. The molecule has 1 aromatic heterocycles. The molecule has 1 fully saturated rings. The molecular weight excluding hydrogens is 258 g/mol. The number of nitrogens with one attached hydrogen (secondary N) is 2. The van der Waals surface area contributed by atoms with Gasteiger partial charge in [0.05, 0.1) is 23.4 Å². The SMILES string of the molecule is Cc1cc(NC(=O)CN[C@H]2CC(C)(C)OC2(C)C)on1. The number of amides is 1. The fourth-order valence-corrected chi connectivity index (χ4v) is 2.70. The van der Waals surface area contributed by atoms with Gasteiger partial charge in [0.15, 0.2) is 0 Å². The first-order valence-corrected chi connectivity index (χ1v) is 6.85. The maximum atomic E-state index is 11.8. The third-order valence-electron chi connectivity index (χ3n) is 3.47.